The first-order valence-corrected chi connectivity index (χ1v) is 10.2. The number of amides is 1. The number of fused-ring (bicyclic) bond motifs is 1. The molecule has 6 nitrogen and oxygen atoms in total. The summed E-state index contributed by atoms with van der Waals surface area (Å²) in [5.74, 6) is 1.07. The number of rotatable bonds is 6. The first-order chi connectivity index (χ1) is 12.7. The predicted octanol–water partition coefficient (Wildman–Crippen LogP) is 3.25. The fourth-order valence-corrected chi connectivity index (χ4v) is 3.27. The van der Waals surface area contributed by atoms with E-state index < -0.39 is 10.0 Å². The van der Waals surface area contributed by atoms with Gasteiger partial charge < -0.3 is 10.1 Å². The Balaban J connectivity index is 1.85. The van der Waals surface area contributed by atoms with Crippen LogP contribution in [0.5, 0.6) is 5.75 Å². The van der Waals surface area contributed by atoms with Crippen LogP contribution in [0.4, 0.5) is 5.69 Å². The van der Waals surface area contributed by atoms with Gasteiger partial charge in [-0.25, -0.2) is 13.6 Å². The third-order valence-electron chi connectivity index (χ3n) is 4.26. The van der Waals surface area contributed by atoms with E-state index >= 15 is 0 Å². The summed E-state index contributed by atoms with van der Waals surface area (Å²) in [6.45, 7) is 4.94. The molecule has 0 unspecified atom stereocenters. The number of sulfonamides is 1. The Bertz CT molecular complexity index is 993. The molecule has 1 aliphatic heterocycles. The summed E-state index contributed by atoms with van der Waals surface area (Å²) in [5, 5.41) is 7.92. The van der Waals surface area contributed by atoms with Crippen molar-refractivity contribution in [2.45, 2.75) is 25.2 Å². The number of ether oxygens (including phenoxy) is 1. The summed E-state index contributed by atoms with van der Waals surface area (Å²) >= 11 is 0. The maximum atomic E-state index is 12.3. The Morgan fingerprint density at radius 3 is 2.48 bits per heavy atom. The van der Waals surface area contributed by atoms with Gasteiger partial charge in [0.15, 0.2) is 0 Å². The Morgan fingerprint density at radius 1 is 1.15 bits per heavy atom. The molecule has 0 bridgehead atoms. The van der Waals surface area contributed by atoms with Crippen molar-refractivity contribution in [1.29, 1.82) is 0 Å². The van der Waals surface area contributed by atoms with E-state index in [9.17, 15) is 13.2 Å². The average molecular weight is 386 g/mol. The number of primary sulfonamides is 1. The normalized spacial score (nSPS) is 15.1. The summed E-state index contributed by atoms with van der Waals surface area (Å²) < 4.78 is 28.9. The van der Waals surface area contributed by atoms with Crippen LogP contribution in [0.25, 0.3) is 11.6 Å². The number of carbonyl (C=O) groups is 1. The number of carbonyl (C=O) groups excluding carboxylic acids is 1. The second-order valence-electron chi connectivity index (χ2n) is 6.86. The number of anilines is 1. The van der Waals surface area contributed by atoms with Crippen LogP contribution in [-0.2, 0) is 14.8 Å². The van der Waals surface area contributed by atoms with Crippen LogP contribution in [0.15, 0.2) is 47.4 Å². The highest BCUT2D eigenvalue weighted by Crippen LogP contribution is 2.34. The lowest BCUT2D eigenvalue weighted by Crippen LogP contribution is -2.12. The maximum absolute atomic E-state index is 12.3. The van der Waals surface area contributed by atoms with E-state index in [-0.39, 0.29) is 10.8 Å². The average Bonchev–Trinajstić information content (AvgIpc) is 2.90. The third kappa shape index (κ3) is 4.56. The quantitative estimate of drug-likeness (QED) is 0.745. The number of nitrogens with one attached hydrogen (secondary N) is 1. The van der Waals surface area contributed by atoms with Crippen molar-refractivity contribution in [1.82, 2.24) is 0 Å². The highest BCUT2D eigenvalue weighted by molar-refractivity contribution is 7.89. The summed E-state index contributed by atoms with van der Waals surface area (Å²) in [6.07, 6.45) is 2.70. The Labute approximate surface area is 159 Å². The van der Waals surface area contributed by atoms with Crippen LogP contribution in [0.3, 0.4) is 0 Å². The minimum atomic E-state index is -3.84. The number of hydrogen-bond donors (Lipinski definition) is 2. The molecule has 1 amide bonds. The van der Waals surface area contributed by atoms with Crippen LogP contribution >= 0.6 is 0 Å². The predicted molar refractivity (Wildman–Crippen MR) is 106 cm³/mol. The van der Waals surface area contributed by atoms with E-state index in [1.54, 1.807) is 12.1 Å². The van der Waals surface area contributed by atoms with E-state index in [1.807, 2.05) is 24.3 Å². The molecule has 1 heterocycles. The van der Waals surface area contributed by atoms with Crippen LogP contribution in [0.1, 0.15) is 31.4 Å². The standard InChI is InChI=1S/C20H22N2O4S/c1-13(2)9-10-26-15-5-3-14(4-6-15)11-18-17-12-16(27(21,24)25)7-8-19(17)22-20(18)23/h3-8,11-13H,9-10H2,1-2H3,(H,22,23)(H2,21,24,25)/b18-11+. The smallest absolute Gasteiger partial charge is 0.256 e. The van der Waals surface area contributed by atoms with Crippen LogP contribution in [0, 0.1) is 5.92 Å². The maximum Gasteiger partial charge on any atom is 0.256 e. The van der Waals surface area contributed by atoms with Gasteiger partial charge in [-0.15, -0.1) is 0 Å². The van der Waals surface area contributed by atoms with Gasteiger partial charge in [-0.2, -0.15) is 0 Å². The topological polar surface area (TPSA) is 98.5 Å². The fourth-order valence-electron chi connectivity index (χ4n) is 2.73. The molecule has 0 spiro atoms. The number of nitrogens with two attached hydrogens (primary N) is 1. The summed E-state index contributed by atoms with van der Waals surface area (Å²) in [5.41, 5.74) is 2.28. The van der Waals surface area contributed by atoms with Gasteiger partial charge in [0.1, 0.15) is 5.75 Å². The lowest BCUT2D eigenvalue weighted by Gasteiger charge is -2.08. The van der Waals surface area contributed by atoms with Crippen molar-refractivity contribution >= 4 is 33.3 Å². The summed E-state index contributed by atoms with van der Waals surface area (Å²) in [7, 11) is -3.84. The van der Waals surface area contributed by atoms with E-state index in [4.69, 9.17) is 9.88 Å². The van der Waals surface area contributed by atoms with Crippen LogP contribution in [-0.4, -0.2) is 20.9 Å². The zero-order valence-electron chi connectivity index (χ0n) is 15.2. The molecule has 0 radical (unpaired) electrons. The molecular formula is C20H22N2O4S. The Morgan fingerprint density at radius 2 is 1.85 bits per heavy atom. The van der Waals surface area contributed by atoms with Gasteiger partial charge in [-0.3, -0.25) is 4.79 Å². The van der Waals surface area contributed by atoms with Crippen LogP contribution < -0.4 is 15.2 Å². The van der Waals surface area contributed by atoms with Gasteiger partial charge in [0, 0.05) is 16.8 Å². The fraction of sp³-hybridized carbons (Fsp3) is 0.250. The molecule has 1 aliphatic rings. The number of hydrogen-bond acceptors (Lipinski definition) is 4. The highest BCUT2D eigenvalue weighted by Gasteiger charge is 2.25. The molecule has 27 heavy (non-hydrogen) atoms. The molecule has 0 saturated carbocycles. The van der Waals surface area contributed by atoms with Gasteiger partial charge in [-0.1, -0.05) is 26.0 Å². The first-order valence-electron chi connectivity index (χ1n) is 8.67. The molecule has 0 saturated heterocycles. The van der Waals surface area contributed by atoms with E-state index in [0.717, 1.165) is 17.7 Å². The second-order valence-corrected chi connectivity index (χ2v) is 8.43. The Hall–Kier alpha value is -2.64. The van der Waals surface area contributed by atoms with Crippen molar-refractivity contribution in [2.75, 3.05) is 11.9 Å². The van der Waals surface area contributed by atoms with Crippen molar-refractivity contribution in [3.63, 3.8) is 0 Å². The van der Waals surface area contributed by atoms with Gasteiger partial charge in [0.2, 0.25) is 10.0 Å². The highest BCUT2D eigenvalue weighted by atomic mass is 32.2. The lowest BCUT2D eigenvalue weighted by molar-refractivity contribution is -0.110. The largest absolute Gasteiger partial charge is 0.494 e. The third-order valence-corrected chi connectivity index (χ3v) is 5.17. The van der Waals surface area contributed by atoms with E-state index in [2.05, 4.69) is 19.2 Å². The zero-order valence-corrected chi connectivity index (χ0v) is 16.0. The SMILES string of the molecule is CC(C)CCOc1ccc(/C=C2/C(=O)Nc3ccc(S(N)(=O)=O)cc32)cc1. The molecule has 3 rings (SSSR count). The molecule has 0 aromatic heterocycles. The van der Waals surface area contributed by atoms with Crippen molar-refractivity contribution in [3.8, 4) is 5.75 Å². The van der Waals surface area contributed by atoms with Crippen LogP contribution in [0.2, 0.25) is 0 Å². The molecule has 2 aromatic carbocycles. The minimum Gasteiger partial charge on any atom is -0.494 e. The molecular weight excluding hydrogens is 364 g/mol. The van der Waals surface area contributed by atoms with Crippen molar-refractivity contribution in [3.05, 3.63) is 53.6 Å². The van der Waals surface area contributed by atoms with Gasteiger partial charge >= 0.3 is 0 Å². The molecule has 0 fully saturated rings. The first kappa shape index (κ1) is 19.1. The summed E-state index contributed by atoms with van der Waals surface area (Å²) in [6, 6.07) is 11.7. The Kier molecular flexibility index (Phi) is 5.34. The molecule has 7 heteroatoms. The second kappa shape index (κ2) is 7.54. The molecule has 0 atom stereocenters. The molecule has 142 valence electrons. The van der Waals surface area contributed by atoms with Gasteiger partial charge in [-0.05, 0) is 54.3 Å². The number of benzene rings is 2. The van der Waals surface area contributed by atoms with Crippen molar-refractivity contribution in [2.24, 2.45) is 11.1 Å². The zero-order chi connectivity index (χ0) is 19.6. The molecule has 0 aliphatic carbocycles. The lowest BCUT2D eigenvalue weighted by atomic mass is 10.0. The van der Waals surface area contributed by atoms with E-state index in [1.165, 1.54) is 12.1 Å². The summed E-state index contributed by atoms with van der Waals surface area (Å²) in [4.78, 5) is 12.3. The monoisotopic (exact) mass is 386 g/mol. The van der Waals surface area contributed by atoms with Crippen molar-refractivity contribution < 1.29 is 17.9 Å². The molecule has 2 aromatic rings. The van der Waals surface area contributed by atoms with Gasteiger partial charge in [0.25, 0.3) is 5.91 Å². The minimum absolute atomic E-state index is 0.0300. The van der Waals surface area contributed by atoms with E-state index in [0.29, 0.717) is 29.3 Å². The molecule has 3 N–H and O–H groups in total. The van der Waals surface area contributed by atoms with Gasteiger partial charge in [0.05, 0.1) is 11.5 Å².